The monoisotopic (exact) mass is 507 g/mol. The van der Waals surface area contributed by atoms with Gasteiger partial charge in [-0.1, -0.05) is 7.60 Å². The Bertz CT molecular complexity index is 1050. The smallest absolute Gasteiger partial charge is 0.810 e. The summed E-state index contributed by atoms with van der Waals surface area (Å²) < 4.78 is 33.0. The number of rotatable bonds is 6. The van der Waals surface area contributed by atoms with Crippen molar-refractivity contribution < 1.29 is 132 Å². The van der Waals surface area contributed by atoms with E-state index in [0.29, 0.717) is 0 Å². The molecule has 1 saturated heterocycles. The summed E-state index contributed by atoms with van der Waals surface area (Å²) in [6, 6.07) is 0. The number of anilines is 1. The molecular formula is C11H14N5Na3O10P2. The van der Waals surface area contributed by atoms with Gasteiger partial charge in [-0.3, -0.25) is 14.3 Å². The zero-order chi connectivity index (χ0) is 20.9. The largest absolute Gasteiger partial charge is 1.00 e. The van der Waals surface area contributed by atoms with E-state index in [1.807, 2.05) is 0 Å². The van der Waals surface area contributed by atoms with Crippen molar-refractivity contribution in [3.05, 3.63) is 16.7 Å². The molecule has 15 nitrogen and oxygen atoms in total. The first-order valence-corrected chi connectivity index (χ1v) is 11.0. The van der Waals surface area contributed by atoms with Gasteiger partial charge in [-0.05, 0) is 0 Å². The number of imidazole rings is 1. The van der Waals surface area contributed by atoms with Crippen LogP contribution < -0.4 is 115 Å². The van der Waals surface area contributed by atoms with E-state index in [1.54, 1.807) is 0 Å². The Kier molecular flexibility index (Phi) is 12.9. The molecule has 0 radical (unpaired) electrons. The molecule has 5 unspecified atom stereocenters. The predicted octanol–water partition coefficient (Wildman–Crippen LogP) is -13.2. The van der Waals surface area contributed by atoms with Crippen LogP contribution in [0.1, 0.15) is 6.23 Å². The molecule has 0 aliphatic carbocycles. The second-order valence-electron chi connectivity index (χ2n) is 5.98. The average molecular weight is 507 g/mol. The average Bonchev–Trinajstić information content (AvgIpc) is 3.06. The Balaban J connectivity index is 0.00000300. The van der Waals surface area contributed by atoms with Crippen LogP contribution in [0.4, 0.5) is 5.95 Å². The zero-order valence-corrected chi connectivity index (χ0v) is 24.6. The minimum atomic E-state index is -5.38. The van der Waals surface area contributed by atoms with Crippen LogP contribution in [0.15, 0.2) is 11.1 Å². The third-order valence-electron chi connectivity index (χ3n) is 3.84. The Labute approximate surface area is 240 Å². The van der Waals surface area contributed by atoms with E-state index in [9.17, 15) is 38.8 Å². The first-order valence-electron chi connectivity index (χ1n) is 7.57. The van der Waals surface area contributed by atoms with Crippen molar-refractivity contribution in [1.82, 2.24) is 19.5 Å². The molecule has 0 spiro atoms. The topological polar surface area (TPSA) is 252 Å². The maximum Gasteiger partial charge on any atom is 1.00 e. The molecule has 5 N–H and O–H groups in total. The van der Waals surface area contributed by atoms with E-state index in [0.717, 1.165) is 10.9 Å². The number of aliphatic hydroxyl groups excluding tert-OH is 2. The van der Waals surface area contributed by atoms with Crippen LogP contribution in [0.25, 0.3) is 11.2 Å². The molecule has 0 aromatic carbocycles. The molecular weight excluding hydrogens is 493 g/mol. The molecule has 1 aliphatic heterocycles. The van der Waals surface area contributed by atoms with Gasteiger partial charge in [0.25, 0.3) is 5.56 Å². The summed E-state index contributed by atoms with van der Waals surface area (Å²) in [6.45, 7) is -0.863. The third-order valence-corrected chi connectivity index (χ3v) is 7.16. The van der Waals surface area contributed by atoms with Gasteiger partial charge in [0.05, 0.1) is 12.9 Å². The number of fused-ring (bicyclic) bond motifs is 1. The normalized spacial score (nSPS) is 25.2. The van der Waals surface area contributed by atoms with Crippen LogP contribution in [0, 0.1) is 0 Å². The summed E-state index contributed by atoms with van der Waals surface area (Å²) in [5.74, 6) is -1.98. The summed E-state index contributed by atoms with van der Waals surface area (Å²) in [5.41, 5.74) is 4.63. The number of nitrogens with one attached hydrogen (secondary N) is 1. The van der Waals surface area contributed by atoms with Crippen molar-refractivity contribution in [3.63, 3.8) is 0 Å². The number of H-pyrrole nitrogens is 1. The van der Waals surface area contributed by atoms with Crippen molar-refractivity contribution in [1.29, 1.82) is 0 Å². The van der Waals surface area contributed by atoms with Gasteiger partial charge in [-0.15, -0.1) is 0 Å². The fourth-order valence-electron chi connectivity index (χ4n) is 2.67. The minimum Gasteiger partial charge on any atom is -0.810 e. The summed E-state index contributed by atoms with van der Waals surface area (Å²) in [7, 11) is -10.4. The molecule has 1 aliphatic rings. The Morgan fingerprint density at radius 1 is 1.23 bits per heavy atom. The van der Waals surface area contributed by atoms with Gasteiger partial charge in [-0.25, -0.2) is 4.98 Å². The van der Waals surface area contributed by atoms with Gasteiger partial charge in [0.1, 0.15) is 25.9 Å². The second kappa shape index (κ2) is 12.3. The Morgan fingerprint density at radius 3 is 2.42 bits per heavy atom. The summed E-state index contributed by atoms with van der Waals surface area (Å²) in [5, 5.41) is 20.3. The number of aromatic nitrogens is 4. The Hall–Kier alpha value is 1.33. The molecule has 1 fully saturated rings. The quantitative estimate of drug-likeness (QED) is 0.210. The SMILES string of the molecule is Nc1nc2c(ncn2C2OC(COP(=O)([O-])CP(=O)([O-])[O-])C(O)C2O)c(=O)[nH]1.[Na+].[Na+].[Na+]. The third kappa shape index (κ3) is 7.92. The van der Waals surface area contributed by atoms with E-state index in [4.69, 9.17) is 10.5 Å². The zero-order valence-electron chi connectivity index (χ0n) is 16.8. The second-order valence-corrected chi connectivity index (χ2v) is 9.81. The van der Waals surface area contributed by atoms with Crippen LogP contribution in [0.5, 0.6) is 0 Å². The van der Waals surface area contributed by atoms with Crippen molar-refractivity contribution in [2.75, 3.05) is 18.2 Å². The fraction of sp³-hybridized carbons (Fsp3) is 0.545. The molecule has 31 heavy (non-hydrogen) atoms. The Morgan fingerprint density at radius 2 is 1.84 bits per heavy atom. The number of aliphatic hydroxyl groups is 2. The van der Waals surface area contributed by atoms with Crippen LogP contribution >= 0.6 is 15.2 Å². The van der Waals surface area contributed by atoms with Crippen molar-refractivity contribution >= 4 is 32.3 Å². The molecule has 2 aromatic rings. The first kappa shape index (κ1) is 32.3. The molecule has 20 heteroatoms. The van der Waals surface area contributed by atoms with Gasteiger partial charge in [0.2, 0.25) is 5.95 Å². The number of hydrogen-bond donors (Lipinski definition) is 4. The van der Waals surface area contributed by atoms with E-state index in [2.05, 4.69) is 19.5 Å². The maximum absolute atomic E-state index is 11.8. The van der Waals surface area contributed by atoms with E-state index in [-0.39, 0.29) is 106 Å². The van der Waals surface area contributed by atoms with Gasteiger partial charge >= 0.3 is 88.7 Å². The van der Waals surface area contributed by atoms with Crippen molar-refractivity contribution in [2.24, 2.45) is 0 Å². The molecule has 5 atom stereocenters. The van der Waals surface area contributed by atoms with Crippen molar-refractivity contribution in [2.45, 2.75) is 24.5 Å². The summed E-state index contributed by atoms with van der Waals surface area (Å²) >= 11 is 0. The molecule has 2 aromatic heterocycles. The van der Waals surface area contributed by atoms with Crippen LogP contribution in [-0.4, -0.2) is 60.6 Å². The number of aromatic amines is 1. The molecule has 3 rings (SSSR count). The minimum absolute atomic E-state index is 0. The van der Waals surface area contributed by atoms with Crippen LogP contribution in [0.3, 0.4) is 0 Å². The predicted molar refractivity (Wildman–Crippen MR) is 84.5 cm³/mol. The molecule has 3 heterocycles. The van der Waals surface area contributed by atoms with E-state index >= 15 is 0 Å². The number of nitrogens with zero attached hydrogens (tertiary/aromatic N) is 3. The molecule has 0 bridgehead atoms. The number of nitrogens with two attached hydrogens (primary N) is 1. The van der Waals surface area contributed by atoms with Gasteiger partial charge in [0, 0.05) is 5.90 Å². The van der Waals surface area contributed by atoms with E-state index in [1.165, 1.54) is 0 Å². The first-order chi connectivity index (χ1) is 12.9. The maximum atomic E-state index is 11.8. The van der Waals surface area contributed by atoms with E-state index < -0.39 is 57.8 Å². The van der Waals surface area contributed by atoms with Gasteiger partial charge in [-0.2, -0.15) is 4.98 Å². The number of hydrogen-bond acceptors (Lipinski definition) is 13. The van der Waals surface area contributed by atoms with Crippen molar-refractivity contribution in [3.8, 4) is 0 Å². The summed E-state index contributed by atoms with van der Waals surface area (Å²) in [6.07, 6.45) is -4.90. The molecule has 0 saturated carbocycles. The standard InChI is InChI=1S/C11H17N5O10P2.3Na/c12-11-14-8-5(9(19)15-11)13-2-16(8)10-7(18)6(17)4(26-10)1-25-28(23,24)3-27(20,21)22;;;/h2,4,6-7,10,17-18H,1,3H2,(H,23,24)(H2,20,21,22)(H3,12,14,15,19);;;/q;3*+1/p-3. The van der Waals surface area contributed by atoms with Crippen LogP contribution in [0.2, 0.25) is 0 Å². The van der Waals surface area contributed by atoms with Gasteiger partial charge < -0.3 is 49.0 Å². The molecule has 0 amide bonds. The molecule has 156 valence electrons. The summed E-state index contributed by atoms with van der Waals surface area (Å²) in [4.78, 5) is 54.4. The van der Waals surface area contributed by atoms with Crippen LogP contribution in [-0.2, 0) is 18.4 Å². The number of nitrogen functional groups attached to an aromatic ring is 1. The fourth-order valence-corrected chi connectivity index (χ4v) is 5.06. The van der Waals surface area contributed by atoms with Gasteiger partial charge in [0.15, 0.2) is 17.4 Å². The number of ether oxygens (including phenoxy) is 1.